The maximum Gasteiger partial charge on any atom is 0.255 e. The van der Waals surface area contributed by atoms with Crippen LogP contribution in [0.15, 0.2) is 36.4 Å². The third-order valence-corrected chi connectivity index (χ3v) is 4.18. The van der Waals surface area contributed by atoms with E-state index in [1.165, 1.54) is 4.90 Å². The average Bonchev–Trinajstić information content (AvgIpc) is 2.43. The normalized spacial score (nSPS) is 10.5. The predicted molar refractivity (Wildman–Crippen MR) is 88.1 cm³/mol. The van der Waals surface area contributed by atoms with E-state index in [-0.39, 0.29) is 5.91 Å². The number of halogens is 3. The standard InChI is InChI=1S/C15H13Cl3N2O/c1-20(8-9-3-2-4-12(16)14(9)18)15(21)11-6-5-10(19)7-13(11)17/h2-7H,8,19H2,1H3. The van der Waals surface area contributed by atoms with Crippen LogP contribution in [0.3, 0.4) is 0 Å². The lowest BCUT2D eigenvalue weighted by atomic mass is 10.1. The van der Waals surface area contributed by atoms with Gasteiger partial charge in [-0.3, -0.25) is 4.79 Å². The average molecular weight is 344 g/mol. The Labute approximate surface area is 138 Å². The summed E-state index contributed by atoms with van der Waals surface area (Å²) in [5.74, 6) is -0.212. The number of benzene rings is 2. The van der Waals surface area contributed by atoms with Gasteiger partial charge >= 0.3 is 0 Å². The summed E-state index contributed by atoms with van der Waals surface area (Å²) in [4.78, 5) is 13.9. The number of amides is 1. The summed E-state index contributed by atoms with van der Waals surface area (Å²) < 4.78 is 0. The highest BCUT2D eigenvalue weighted by Crippen LogP contribution is 2.27. The fourth-order valence-electron chi connectivity index (χ4n) is 1.91. The molecule has 110 valence electrons. The Morgan fingerprint density at radius 3 is 2.52 bits per heavy atom. The van der Waals surface area contributed by atoms with E-state index in [9.17, 15) is 4.79 Å². The third-order valence-electron chi connectivity index (χ3n) is 3.01. The first kappa shape index (κ1) is 16.0. The van der Waals surface area contributed by atoms with Gasteiger partial charge in [-0.15, -0.1) is 0 Å². The SMILES string of the molecule is CN(Cc1cccc(Cl)c1Cl)C(=O)c1ccc(N)cc1Cl. The van der Waals surface area contributed by atoms with Crippen LogP contribution in [0.1, 0.15) is 15.9 Å². The van der Waals surface area contributed by atoms with Crippen molar-refractivity contribution in [2.24, 2.45) is 0 Å². The molecule has 0 atom stereocenters. The zero-order valence-corrected chi connectivity index (χ0v) is 13.5. The van der Waals surface area contributed by atoms with Gasteiger partial charge in [0.05, 0.1) is 20.6 Å². The molecule has 2 aromatic carbocycles. The van der Waals surface area contributed by atoms with E-state index in [0.29, 0.717) is 32.9 Å². The maximum absolute atomic E-state index is 12.4. The van der Waals surface area contributed by atoms with Gasteiger partial charge in [0, 0.05) is 19.3 Å². The largest absolute Gasteiger partial charge is 0.399 e. The van der Waals surface area contributed by atoms with Crippen molar-refractivity contribution in [3.63, 3.8) is 0 Å². The minimum absolute atomic E-state index is 0.212. The van der Waals surface area contributed by atoms with Gasteiger partial charge in [-0.1, -0.05) is 46.9 Å². The smallest absolute Gasteiger partial charge is 0.255 e. The fourth-order valence-corrected chi connectivity index (χ4v) is 2.56. The first-order chi connectivity index (χ1) is 9.90. The molecule has 1 amide bonds. The number of nitrogen functional groups attached to an aromatic ring is 1. The van der Waals surface area contributed by atoms with Crippen LogP contribution in [0.4, 0.5) is 5.69 Å². The van der Waals surface area contributed by atoms with Crippen molar-refractivity contribution in [1.29, 1.82) is 0 Å². The number of nitrogens with two attached hydrogens (primary N) is 1. The van der Waals surface area contributed by atoms with Crippen molar-refractivity contribution in [3.05, 3.63) is 62.6 Å². The summed E-state index contributed by atoms with van der Waals surface area (Å²) >= 11 is 18.1. The zero-order valence-electron chi connectivity index (χ0n) is 11.2. The number of carbonyl (C=O) groups is 1. The molecule has 0 spiro atoms. The summed E-state index contributed by atoms with van der Waals surface area (Å²) in [7, 11) is 1.67. The van der Waals surface area contributed by atoms with Crippen molar-refractivity contribution < 1.29 is 4.79 Å². The predicted octanol–water partition coefficient (Wildman–Crippen LogP) is 4.50. The molecular weight excluding hydrogens is 331 g/mol. The Kier molecular flexibility index (Phi) is 4.99. The van der Waals surface area contributed by atoms with Crippen molar-refractivity contribution in [1.82, 2.24) is 4.90 Å². The molecule has 21 heavy (non-hydrogen) atoms. The Morgan fingerprint density at radius 1 is 1.14 bits per heavy atom. The van der Waals surface area contributed by atoms with Crippen LogP contribution in [0, 0.1) is 0 Å². The molecule has 0 aliphatic heterocycles. The van der Waals surface area contributed by atoms with E-state index >= 15 is 0 Å². The van der Waals surface area contributed by atoms with Gasteiger partial charge in [0.25, 0.3) is 5.91 Å². The second-order valence-corrected chi connectivity index (χ2v) is 5.81. The molecule has 6 heteroatoms. The molecular formula is C15H13Cl3N2O. The Hall–Kier alpha value is -1.42. The molecule has 0 saturated carbocycles. The van der Waals surface area contributed by atoms with Crippen molar-refractivity contribution in [2.45, 2.75) is 6.54 Å². The first-order valence-electron chi connectivity index (χ1n) is 6.13. The van der Waals surface area contributed by atoms with E-state index in [4.69, 9.17) is 40.5 Å². The highest BCUT2D eigenvalue weighted by atomic mass is 35.5. The molecule has 0 fully saturated rings. The molecule has 0 aliphatic carbocycles. The number of hydrogen-bond acceptors (Lipinski definition) is 2. The van der Waals surface area contributed by atoms with Gasteiger partial charge in [0.1, 0.15) is 0 Å². The van der Waals surface area contributed by atoms with Crippen LogP contribution in [-0.4, -0.2) is 17.9 Å². The second kappa shape index (κ2) is 6.56. The van der Waals surface area contributed by atoms with Gasteiger partial charge in [-0.25, -0.2) is 0 Å². The van der Waals surface area contributed by atoms with E-state index in [1.54, 1.807) is 37.4 Å². The van der Waals surface area contributed by atoms with Crippen molar-refractivity contribution >= 4 is 46.4 Å². The molecule has 0 aliphatic rings. The van der Waals surface area contributed by atoms with Crippen LogP contribution < -0.4 is 5.73 Å². The zero-order chi connectivity index (χ0) is 15.6. The Morgan fingerprint density at radius 2 is 1.86 bits per heavy atom. The Bertz CT molecular complexity index is 689. The van der Waals surface area contributed by atoms with Gasteiger partial charge in [-0.2, -0.15) is 0 Å². The number of nitrogens with zero attached hydrogens (tertiary/aromatic N) is 1. The molecule has 2 rings (SSSR count). The molecule has 0 bridgehead atoms. The highest BCUT2D eigenvalue weighted by Gasteiger charge is 2.17. The van der Waals surface area contributed by atoms with E-state index in [2.05, 4.69) is 0 Å². The van der Waals surface area contributed by atoms with E-state index in [1.807, 2.05) is 6.07 Å². The molecule has 2 aromatic rings. The van der Waals surface area contributed by atoms with Crippen LogP contribution in [0.25, 0.3) is 0 Å². The Balaban J connectivity index is 2.21. The van der Waals surface area contributed by atoms with E-state index < -0.39 is 0 Å². The van der Waals surface area contributed by atoms with Crippen LogP contribution in [0.5, 0.6) is 0 Å². The third kappa shape index (κ3) is 3.62. The lowest BCUT2D eigenvalue weighted by molar-refractivity contribution is 0.0785. The molecule has 0 radical (unpaired) electrons. The fraction of sp³-hybridized carbons (Fsp3) is 0.133. The highest BCUT2D eigenvalue weighted by molar-refractivity contribution is 6.42. The lowest BCUT2D eigenvalue weighted by Crippen LogP contribution is -2.26. The van der Waals surface area contributed by atoms with Gasteiger partial charge < -0.3 is 10.6 Å². The minimum Gasteiger partial charge on any atom is -0.399 e. The minimum atomic E-state index is -0.212. The molecule has 0 aromatic heterocycles. The molecule has 2 N–H and O–H groups in total. The molecule has 0 heterocycles. The number of anilines is 1. The number of hydrogen-bond donors (Lipinski definition) is 1. The van der Waals surface area contributed by atoms with Gasteiger partial charge in [0.2, 0.25) is 0 Å². The lowest BCUT2D eigenvalue weighted by Gasteiger charge is -2.19. The second-order valence-electron chi connectivity index (χ2n) is 4.61. The summed E-state index contributed by atoms with van der Waals surface area (Å²) in [5, 5.41) is 1.23. The van der Waals surface area contributed by atoms with Crippen molar-refractivity contribution in [2.75, 3.05) is 12.8 Å². The van der Waals surface area contributed by atoms with Gasteiger partial charge in [-0.05, 0) is 29.8 Å². The monoisotopic (exact) mass is 342 g/mol. The first-order valence-corrected chi connectivity index (χ1v) is 7.27. The maximum atomic E-state index is 12.4. The molecule has 3 nitrogen and oxygen atoms in total. The topological polar surface area (TPSA) is 46.3 Å². The van der Waals surface area contributed by atoms with E-state index in [0.717, 1.165) is 5.56 Å². The van der Waals surface area contributed by atoms with Crippen LogP contribution >= 0.6 is 34.8 Å². The number of rotatable bonds is 3. The summed E-state index contributed by atoms with van der Waals surface area (Å²) in [6, 6.07) is 10.1. The van der Waals surface area contributed by atoms with Crippen molar-refractivity contribution in [3.8, 4) is 0 Å². The van der Waals surface area contributed by atoms with Crippen LogP contribution in [-0.2, 0) is 6.54 Å². The summed E-state index contributed by atoms with van der Waals surface area (Å²) in [6.07, 6.45) is 0. The van der Waals surface area contributed by atoms with Gasteiger partial charge in [0.15, 0.2) is 0 Å². The quantitative estimate of drug-likeness (QED) is 0.834. The molecule has 0 unspecified atom stereocenters. The number of carbonyl (C=O) groups excluding carboxylic acids is 1. The summed E-state index contributed by atoms with van der Waals surface area (Å²) in [6.45, 7) is 0.332. The van der Waals surface area contributed by atoms with Crippen LogP contribution in [0.2, 0.25) is 15.1 Å². The molecule has 0 saturated heterocycles. The summed E-state index contributed by atoms with van der Waals surface area (Å²) in [5.41, 5.74) is 7.30.